The van der Waals surface area contributed by atoms with Crippen molar-refractivity contribution >= 4 is 17.3 Å². The first-order valence-electron chi connectivity index (χ1n) is 6.01. The molecule has 3 nitrogen and oxygen atoms in total. The Balaban J connectivity index is 2.27. The normalized spacial score (nSPS) is 15.0. The van der Waals surface area contributed by atoms with Crippen molar-refractivity contribution in [3.63, 3.8) is 0 Å². The molecule has 1 aliphatic rings. The highest BCUT2D eigenvalue weighted by Gasteiger charge is 2.31. The van der Waals surface area contributed by atoms with E-state index in [2.05, 4.69) is 4.90 Å². The minimum Gasteiger partial charge on any atom is -0.383 e. The van der Waals surface area contributed by atoms with Gasteiger partial charge in [-0.2, -0.15) is 0 Å². The van der Waals surface area contributed by atoms with Crippen molar-refractivity contribution < 1.29 is 4.74 Å². The van der Waals surface area contributed by atoms with E-state index in [1.54, 1.807) is 7.11 Å². The zero-order chi connectivity index (χ0) is 12.3. The van der Waals surface area contributed by atoms with E-state index in [0.717, 1.165) is 22.8 Å². The van der Waals surface area contributed by atoms with E-state index in [4.69, 9.17) is 22.1 Å². The van der Waals surface area contributed by atoms with Crippen LogP contribution in [0.25, 0.3) is 0 Å². The van der Waals surface area contributed by atoms with E-state index >= 15 is 0 Å². The van der Waals surface area contributed by atoms with Crippen molar-refractivity contribution in [2.75, 3.05) is 25.2 Å². The number of halogens is 1. The number of nitrogens with zero attached hydrogens (tertiary/aromatic N) is 1. The SMILES string of the molecule is COCCN(c1c(Cl)cccc1CN)C1CC1. The summed E-state index contributed by atoms with van der Waals surface area (Å²) < 4.78 is 5.17. The minimum absolute atomic E-state index is 0.520. The number of hydrogen-bond acceptors (Lipinski definition) is 3. The van der Waals surface area contributed by atoms with Crippen molar-refractivity contribution in [1.29, 1.82) is 0 Å². The zero-order valence-corrected chi connectivity index (χ0v) is 10.9. The molecule has 2 rings (SSSR count). The van der Waals surface area contributed by atoms with Crippen LogP contribution in [-0.2, 0) is 11.3 Å². The summed E-state index contributed by atoms with van der Waals surface area (Å²) in [6.07, 6.45) is 2.47. The van der Waals surface area contributed by atoms with Gasteiger partial charge < -0.3 is 15.4 Å². The van der Waals surface area contributed by atoms with Crippen molar-refractivity contribution in [3.05, 3.63) is 28.8 Å². The average Bonchev–Trinajstić information content (AvgIpc) is 3.15. The van der Waals surface area contributed by atoms with Gasteiger partial charge in [0.25, 0.3) is 0 Å². The van der Waals surface area contributed by atoms with Gasteiger partial charge in [0.2, 0.25) is 0 Å². The zero-order valence-electron chi connectivity index (χ0n) is 10.2. The summed E-state index contributed by atoms with van der Waals surface area (Å²) in [5.74, 6) is 0. The Hall–Kier alpha value is -0.770. The van der Waals surface area contributed by atoms with E-state index in [9.17, 15) is 0 Å². The maximum Gasteiger partial charge on any atom is 0.0643 e. The van der Waals surface area contributed by atoms with Crippen molar-refractivity contribution in [1.82, 2.24) is 0 Å². The highest BCUT2D eigenvalue weighted by Crippen LogP contribution is 2.37. The lowest BCUT2D eigenvalue weighted by Gasteiger charge is -2.27. The molecule has 0 saturated heterocycles. The van der Waals surface area contributed by atoms with Crippen LogP contribution in [0.3, 0.4) is 0 Å². The molecule has 4 heteroatoms. The summed E-state index contributed by atoms with van der Waals surface area (Å²) in [6.45, 7) is 2.11. The minimum atomic E-state index is 0.520. The third-order valence-electron chi connectivity index (χ3n) is 3.10. The number of rotatable bonds is 6. The van der Waals surface area contributed by atoms with E-state index in [0.29, 0.717) is 19.2 Å². The topological polar surface area (TPSA) is 38.5 Å². The summed E-state index contributed by atoms with van der Waals surface area (Å²) in [4.78, 5) is 2.34. The van der Waals surface area contributed by atoms with Gasteiger partial charge in [0.05, 0.1) is 17.3 Å². The Bertz CT molecular complexity index is 380. The lowest BCUT2D eigenvalue weighted by molar-refractivity contribution is 0.205. The van der Waals surface area contributed by atoms with Crippen LogP contribution in [0.5, 0.6) is 0 Å². The molecular weight excluding hydrogens is 236 g/mol. The van der Waals surface area contributed by atoms with Crippen LogP contribution in [-0.4, -0.2) is 26.3 Å². The molecule has 1 aromatic carbocycles. The second-order valence-electron chi connectivity index (χ2n) is 4.37. The van der Waals surface area contributed by atoms with Crippen LogP contribution in [0.2, 0.25) is 5.02 Å². The Labute approximate surface area is 107 Å². The van der Waals surface area contributed by atoms with Gasteiger partial charge in [-0.05, 0) is 24.5 Å². The van der Waals surface area contributed by atoms with Gasteiger partial charge in [-0.15, -0.1) is 0 Å². The van der Waals surface area contributed by atoms with Gasteiger partial charge in [-0.3, -0.25) is 0 Å². The van der Waals surface area contributed by atoms with E-state index < -0.39 is 0 Å². The summed E-state index contributed by atoms with van der Waals surface area (Å²) in [5.41, 5.74) is 8.00. The molecule has 0 spiro atoms. The van der Waals surface area contributed by atoms with Gasteiger partial charge in [-0.1, -0.05) is 23.7 Å². The Kier molecular flexibility index (Phi) is 4.26. The molecule has 1 fully saturated rings. The molecule has 0 atom stereocenters. The highest BCUT2D eigenvalue weighted by molar-refractivity contribution is 6.33. The van der Waals surface area contributed by atoms with Gasteiger partial charge in [0.15, 0.2) is 0 Å². The van der Waals surface area contributed by atoms with E-state index in [-0.39, 0.29) is 0 Å². The first-order chi connectivity index (χ1) is 8.27. The van der Waals surface area contributed by atoms with Gasteiger partial charge >= 0.3 is 0 Å². The third-order valence-corrected chi connectivity index (χ3v) is 3.41. The molecule has 0 aliphatic heterocycles. The van der Waals surface area contributed by atoms with Crippen LogP contribution >= 0.6 is 11.6 Å². The Morgan fingerprint density at radius 3 is 2.82 bits per heavy atom. The van der Waals surface area contributed by atoms with Gasteiger partial charge in [-0.25, -0.2) is 0 Å². The van der Waals surface area contributed by atoms with Crippen molar-refractivity contribution in [2.24, 2.45) is 5.73 Å². The van der Waals surface area contributed by atoms with Crippen molar-refractivity contribution in [3.8, 4) is 0 Å². The molecule has 0 radical (unpaired) electrons. The Morgan fingerprint density at radius 2 is 2.24 bits per heavy atom. The Morgan fingerprint density at radius 1 is 1.47 bits per heavy atom. The third kappa shape index (κ3) is 2.92. The molecule has 1 aromatic rings. The second kappa shape index (κ2) is 5.71. The lowest BCUT2D eigenvalue weighted by atomic mass is 10.1. The van der Waals surface area contributed by atoms with Crippen LogP contribution < -0.4 is 10.6 Å². The molecular formula is C13H19ClN2O. The van der Waals surface area contributed by atoms with E-state index in [1.165, 1.54) is 12.8 Å². The highest BCUT2D eigenvalue weighted by atomic mass is 35.5. The molecule has 1 aliphatic carbocycles. The summed E-state index contributed by atoms with van der Waals surface area (Å²) in [7, 11) is 1.72. The van der Waals surface area contributed by atoms with Crippen LogP contribution in [0.4, 0.5) is 5.69 Å². The van der Waals surface area contributed by atoms with Gasteiger partial charge in [0, 0.05) is 26.2 Å². The first kappa shape index (κ1) is 12.7. The fraction of sp³-hybridized carbons (Fsp3) is 0.538. The maximum absolute atomic E-state index is 6.32. The lowest BCUT2D eigenvalue weighted by Crippen LogP contribution is -2.31. The monoisotopic (exact) mass is 254 g/mol. The number of anilines is 1. The quantitative estimate of drug-likeness (QED) is 0.847. The average molecular weight is 255 g/mol. The fourth-order valence-corrected chi connectivity index (χ4v) is 2.40. The molecule has 0 heterocycles. The molecule has 17 heavy (non-hydrogen) atoms. The molecule has 0 unspecified atom stereocenters. The summed E-state index contributed by atoms with van der Waals surface area (Å²) in [5, 5.41) is 0.788. The molecule has 0 bridgehead atoms. The van der Waals surface area contributed by atoms with E-state index in [1.807, 2.05) is 18.2 Å². The number of hydrogen-bond donors (Lipinski definition) is 1. The number of para-hydroxylation sites is 1. The van der Waals surface area contributed by atoms with Crippen LogP contribution in [0.15, 0.2) is 18.2 Å². The fourth-order valence-electron chi connectivity index (χ4n) is 2.10. The second-order valence-corrected chi connectivity index (χ2v) is 4.78. The van der Waals surface area contributed by atoms with Crippen molar-refractivity contribution in [2.45, 2.75) is 25.4 Å². The number of benzene rings is 1. The van der Waals surface area contributed by atoms with Gasteiger partial charge in [0.1, 0.15) is 0 Å². The smallest absolute Gasteiger partial charge is 0.0643 e. The standard InChI is InChI=1S/C13H19ClN2O/c1-17-8-7-16(11-5-6-11)13-10(9-15)3-2-4-12(13)14/h2-4,11H,5-9,15H2,1H3. The first-order valence-corrected chi connectivity index (χ1v) is 6.38. The van der Waals surface area contributed by atoms with Crippen LogP contribution in [0, 0.1) is 0 Å². The summed E-state index contributed by atoms with van der Waals surface area (Å²) >= 11 is 6.32. The molecule has 2 N–H and O–H groups in total. The predicted molar refractivity (Wildman–Crippen MR) is 71.6 cm³/mol. The number of ether oxygens (including phenoxy) is 1. The number of methoxy groups -OCH3 is 1. The number of nitrogens with two attached hydrogens (primary N) is 1. The maximum atomic E-state index is 6.32. The molecule has 0 aromatic heterocycles. The molecule has 1 saturated carbocycles. The molecule has 94 valence electrons. The van der Waals surface area contributed by atoms with Crippen LogP contribution in [0.1, 0.15) is 18.4 Å². The molecule has 0 amide bonds. The predicted octanol–water partition coefficient (Wildman–Crippen LogP) is 2.41. The summed E-state index contributed by atoms with van der Waals surface area (Å²) in [6, 6.07) is 6.53. The largest absolute Gasteiger partial charge is 0.383 e.